The third-order valence-corrected chi connectivity index (χ3v) is 6.00. The molecule has 0 spiro atoms. The van der Waals surface area contributed by atoms with Crippen LogP contribution in [0.4, 0.5) is 0 Å². The minimum atomic E-state index is -1.73. The van der Waals surface area contributed by atoms with Gasteiger partial charge in [0.2, 0.25) is 0 Å². The van der Waals surface area contributed by atoms with Crippen molar-refractivity contribution >= 4 is 18.6 Å². The molecule has 1 fully saturated rings. The van der Waals surface area contributed by atoms with Gasteiger partial charge in [-0.2, -0.15) is 0 Å². The first-order valence-electron chi connectivity index (χ1n) is 7.21. The Morgan fingerprint density at radius 2 is 2.32 bits per heavy atom. The quantitative estimate of drug-likeness (QED) is 0.761. The third-order valence-electron chi connectivity index (χ3n) is 3.35. The number of nitrogens with one attached hydrogen (secondary N) is 1. The molecule has 7 nitrogen and oxygen atoms in total. The molecule has 9 heteroatoms. The first-order valence-corrected chi connectivity index (χ1v) is 9.98. The zero-order chi connectivity index (χ0) is 16.1. The monoisotopic (exact) mass is 347 g/mol. The summed E-state index contributed by atoms with van der Waals surface area (Å²) in [5.41, 5.74) is -0.924. The van der Waals surface area contributed by atoms with Gasteiger partial charge in [-0.3, -0.25) is 14.3 Å². The number of aromatic nitrogens is 2. The van der Waals surface area contributed by atoms with Crippen molar-refractivity contribution in [2.75, 3.05) is 12.4 Å². The fourth-order valence-electron chi connectivity index (χ4n) is 2.34. The van der Waals surface area contributed by atoms with Crippen LogP contribution in [0.1, 0.15) is 32.9 Å². The predicted molar refractivity (Wildman–Crippen MR) is 85.3 cm³/mol. The molecule has 0 bridgehead atoms. The topological polar surface area (TPSA) is 90.4 Å². The van der Waals surface area contributed by atoms with E-state index < -0.39 is 24.7 Å². The van der Waals surface area contributed by atoms with Crippen LogP contribution >= 0.6 is 18.6 Å². The lowest BCUT2D eigenvalue weighted by atomic mass is 10.1. The van der Waals surface area contributed by atoms with Gasteiger partial charge < -0.3 is 4.74 Å². The maximum atomic E-state index is 11.8. The number of rotatable bonds is 7. The van der Waals surface area contributed by atoms with Gasteiger partial charge in [-0.15, -0.1) is 4.52 Å². The summed E-state index contributed by atoms with van der Waals surface area (Å²) < 4.78 is 24.1. The number of ether oxygens (including phenoxy) is 1. The van der Waals surface area contributed by atoms with Crippen LogP contribution in [0.25, 0.3) is 0 Å². The van der Waals surface area contributed by atoms with E-state index in [1.54, 1.807) is 0 Å². The van der Waals surface area contributed by atoms with Crippen LogP contribution in [0, 0.1) is 5.92 Å². The number of hydrogen-bond acceptors (Lipinski definition) is 6. The molecule has 2 heterocycles. The molecule has 0 aromatic carbocycles. The zero-order valence-electron chi connectivity index (χ0n) is 12.6. The maximum Gasteiger partial charge on any atom is 0.585 e. The molecule has 2 rings (SSSR count). The van der Waals surface area contributed by atoms with Gasteiger partial charge in [0.1, 0.15) is 12.8 Å². The molecule has 1 aliphatic heterocycles. The molecule has 4 atom stereocenters. The first kappa shape index (κ1) is 17.4. The second kappa shape index (κ2) is 8.06. The molecule has 1 N–H and O–H groups in total. The smallest absolute Gasteiger partial charge is 0.352 e. The Bertz CT molecular complexity index is 631. The van der Waals surface area contributed by atoms with Crippen LogP contribution in [-0.4, -0.2) is 28.0 Å². The Morgan fingerprint density at radius 1 is 1.55 bits per heavy atom. The number of nitrogens with zero attached hydrogens (tertiary/aromatic N) is 1. The zero-order valence-corrected chi connectivity index (χ0v) is 14.3. The summed E-state index contributed by atoms with van der Waals surface area (Å²) in [4.78, 5) is 25.1. The van der Waals surface area contributed by atoms with Crippen molar-refractivity contribution in [2.24, 2.45) is 5.92 Å². The Morgan fingerprint density at radius 3 is 3.00 bits per heavy atom. The van der Waals surface area contributed by atoms with Gasteiger partial charge in [0, 0.05) is 23.9 Å². The lowest BCUT2D eigenvalue weighted by Crippen LogP contribution is -2.33. The van der Waals surface area contributed by atoms with Gasteiger partial charge in [-0.1, -0.05) is 13.8 Å². The van der Waals surface area contributed by atoms with E-state index in [2.05, 4.69) is 4.98 Å². The third kappa shape index (κ3) is 4.52. The number of aromatic amines is 1. The average Bonchev–Trinajstić information content (AvgIpc) is 2.84. The number of H-pyrrole nitrogens is 1. The molecule has 0 radical (unpaired) electrons. The van der Waals surface area contributed by atoms with Crippen molar-refractivity contribution in [1.82, 2.24) is 9.55 Å². The van der Waals surface area contributed by atoms with Crippen molar-refractivity contribution in [3.05, 3.63) is 33.1 Å². The van der Waals surface area contributed by atoms with Crippen molar-refractivity contribution < 1.29 is 13.8 Å². The summed E-state index contributed by atoms with van der Waals surface area (Å²) in [7, 11) is -1.73. The first-order chi connectivity index (χ1) is 10.5. The Hall–Kier alpha value is -0.950. The fraction of sp³-hybridized carbons (Fsp3) is 0.692. The summed E-state index contributed by atoms with van der Waals surface area (Å²) in [6, 6.07) is 1.29. The second-order valence-electron chi connectivity index (χ2n) is 5.23. The van der Waals surface area contributed by atoms with Crippen molar-refractivity contribution in [1.29, 1.82) is 0 Å². The van der Waals surface area contributed by atoms with E-state index in [-0.39, 0.29) is 18.6 Å². The summed E-state index contributed by atoms with van der Waals surface area (Å²) in [5, 5.41) is 0. The van der Waals surface area contributed by atoms with Gasteiger partial charge in [-0.25, -0.2) is 4.79 Å². The average molecular weight is 347 g/mol. The maximum absolute atomic E-state index is 11.8. The summed E-state index contributed by atoms with van der Waals surface area (Å²) in [6.45, 7) is 4.23. The highest BCUT2D eigenvalue weighted by Gasteiger charge is 2.36. The van der Waals surface area contributed by atoms with E-state index >= 15 is 0 Å². The van der Waals surface area contributed by atoms with Crippen LogP contribution in [0.15, 0.2) is 21.9 Å². The van der Waals surface area contributed by atoms with E-state index in [1.165, 1.54) is 28.2 Å². The second-order valence-corrected chi connectivity index (χ2v) is 8.27. The van der Waals surface area contributed by atoms with Gasteiger partial charge >= 0.3 is 12.9 Å². The van der Waals surface area contributed by atoms with E-state index in [4.69, 9.17) is 9.26 Å². The van der Waals surface area contributed by atoms with Crippen molar-refractivity contribution in [3.8, 4) is 0 Å². The fourth-order valence-corrected chi connectivity index (χ4v) is 4.44. The highest BCUT2D eigenvalue weighted by molar-refractivity contribution is 8.50. The van der Waals surface area contributed by atoms with E-state index in [1.807, 2.05) is 13.8 Å². The summed E-state index contributed by atoms with van der Waals surface area (Å²) >= 11 is 1.30. The van der Waals surface area contributed by atoms with Gasteiger partial charge in [0.25, 0.3) is 5.56 Å². The molecule has 0 amide bonds. The Kier molecular flexibility index (Phi) is 6.37. The SMILES string of the molecule is CCCS[P+](=O)OCC1CC(C)C(n2ccc(=O)[nH]c2=O)O1. The lowest BCUT2D eigenvalue weighted by Gasteiger charge is -2.17. The Balaban J connectivity index is 1.93. The minimum Gasteiger partial charge on any atom is -0.352 e. The van der Waals surface area contributed by atoms with Crippen molar-refractivity contribution in [3.63, 3.8) is 0 Å². The van der Waals surface area contributed by atoms with Crippen molar-refractivity contribution in [2.45, 2.75) is 39.0 Å². The standard InChI is InChI=1S/C13H19N2O5PS/c1-3-6-22-21(18)19-8-10-7-9(2)12(20-10)15-5-4-11(16)14-13(15)17/h4-5,9-10,12H,3,6-8H2,1-2H3/p+1. The molecule has 122 valence electrons. The molecule has 1 saturated heterocycles. The molecular formula is C13H20N2O5PS+. The van der Waals surface area contributed by atoms with Crippen LogP contribution in [-0.2, 0) is 13.8 Å². The molecule has 22 heavy (non-hydrogen) atoms. The highest BCUT2D eigenvalue weighted by Crippen LogP contribution is 2.41. The number of hydrogen-bond donors (Lipinski definition) is 1. The predicted octanol–water partition coefficient (Wildman–Crippen LogP) is 2.28. The summed E-state index contributed by atoms with van der Waals surface area (Å²) in [6.07, 6.45) is 2.43. The molecule has 1 aliphatic rings. The lowest BCUT2D eigenvalue weighted by molar-refractivity contribution is -0.0282. The van der Waals surface area contributed by atoms with E-state index in [9.17, 15) is 14.2 Å². The van der Waals surface area contributed by atoms with Gasteiger partial charge in [0.15, 0.2) is 11.4 Å². The van der Waals surface area contributed by atoms with E-state index in [0.717, 1.165) is 12.2 Å². The van der Waals surface area contributed by atoms with E-state index in [0.29, 0.717) is 6.42 Å². The van der Waals surface area contributed by atoms with Crippen LogP contribution in [0.3, 0.4) is 0 Å². The molecule has 0 saturated carbocycles. The van der Waals surface area contributed by atoms with Crippen LogP contribution < -0.4 is 11.2 Å². The van der Waals surface area contributed by atoms with Gasteiger partial charge in [0.05, 0.1) is 6.10 Å². The molecule has 0 aliphatic carbocycles. The Labute approximate surface area is 133 Å². The van der Waals surface area contributed by atoms with Crippen LogP contribution in [0.5, 0.6) is 0 Å². The summed E-state index contributed by atoms with van der Waals surface area (Å²) in [5.74, 6) is 0.894. The molecule has 1 aromatic heterocycles. The van der Waals surface area contributed by atoms with Gasteiger partial charge in [-0.05, 0) is 17.4 Å². The van der Waals surface area contributed by atoms with Crippen LogP contribution in [0.2, 0.25) is 0 Å². The molecular weight excluding hydrogens is 327 g/mol. The normalized spacial score (nSPS) is 25.4. The molecule has 4 unspecified atom stereocenters. The molecule has 1 aromatic rings. The largest absolute Gasteiger partial charge is 0.585 e. The highest BCUT2D eigenvalue weighted by atomic mass is 32.7. The minimum absolute atomic E-state index is 0.0957.